The third-order valence-corrected chi connectivity index (χ3v) is 6.01. The lowest BCUT2D eigenvalue weighted by Gasteiger charge is -2.32. The van der Waals surface area contributed by atoms with Gasteiger partial charge in [0.2, 0.25) is 11.8 Å². The average molecular weight is 427 g/mol. The Balaban J connectivity index is 1.12. The molecule has 5 rings (SSSR count). The lowest BCUT2D eigenvalue weighted by Crippen LogP contribution is -2.35. The summed E-state index contributed by atoms with van der Waals surface area (Å²) in [4.78, 5) is 12.2. The Morgan fingerprint density at radius 3 is 2.73 bits per heavy atom. The SMILES string of the molecule is O=C(COc1cccc(F)c1)NC12CC1(c1nnc(C3CC(OC(F)(F)F)C3)o1)C2. The molecule has 30 heavy (non-hydrogen) atoms. The number of fused-ring (bicyclic) bond motifs is 1. The monoisotopic (exact) mass is 427 g/mol. The molecule has 1 aromatic carbocycles. The van der Waals surface area contributed by atoms with E-state index in [4.69, 9.17) is 9.15 Å². The second-order valence-electron chi connectivity index (χ2n) is 8.11. The molecule has 1 aromatic heterocycles. The summed E-state index contributed by atoms with van der Waals surface area (Å²) in [6.07, 6.45) is -3.88. The van der Waals surface area contributed by atoms with Crippen LogP contribution in [-0.4, -0.2) is 40.7 Å². The summed E-state index contributed by atoms with van der Waals surface area (Å²) in [6.45, 7) is -0.251. The lowest BCUT2D eigenvalue weighted by atomic mass is 9.82. The maximum absolute atomic E-state index is 13.1. The number of carbonyl (C=O) groups is 1. The molecule has 1 heterocycles. The standard InChI is InChI=1S/C19H17F4N3O4/c20-11-2-1-3-12(6-11)28-7-14(27)24-18-8-17(18,9-18)16-26-25-15(29-16)10-4-13(5-10)30-19(21,22)23/h1-3,6,10,13H,4-5,7-9H2,(H,24,27). The molecule has 0 atom stereocenters. The van der Waals surface area contributed by atoms with Gasteiger partial charge in [-0.3, -0.25) is 9.53 Å². The Hall–Kier alpha value is -2.69. The number of amides is 1. The van der Waals surface area contributed by atoms with Gasteiger partial charge in [0.05, 0.1) is 17.1 Å². The minimum Gasteiger partial charge on any atom is -0.484 e. The first-order valence-electron chi connectivity index (χ1n) is 9.46. The summed E-state index contributed by atoms with van der Waals surface area (Å²) in [7, 11) is 0. The predicted molar refractivity (Wildman–Crippen MR) is 90.9 cm³/mol. The van der Waals surface area contributed by atoms with E-state index in [2.05, 4.69) is 20.3 Å². The van der Waals surface area contributed by atoms with Gasteiger partial charge >= 0.3 is 6.36 Å². The van der Waals surface area contributed by atoms with E-state index >= 15 is 0 Å². The van der Waals surface area contributed by atoms with Crippen LogP contribution in [0.2, 0.25) is 0 Å². The first-order chi connectivity index (χ1) is 14.2. The highest BCUT2D eigenvalue weighted by atomic mass is 19.4. The highest BCUT2D eigenvalue weighted by Gasteiger charge is 2.87. The zero-order valence-corrected chi connectivity index (χ0v) is 15.5. The van der Waals surface area contributed by atoms with Gasteiger partial charge in [0, 0.05) is 12.0 Å². The van der Waals surface area contributed by atoms with Crippen molar-refractivity contribution in [2.45, 2.75) is 55.0 Å². The van der Waals surface area contributed by atoms with Gasteiger partial charge in [0.25, 0.3) is 5.91 Å². The fourth-order valence-electron chi connectivity index (χ4n) is 4.11. The van der Waals surface area contributed by atoms with Gasteiger partial charge in [-0.15, -0.1) is 23.4 Å². The van der Waals surface area contributed by atoms with Gasteiger partial charge in [0.1, 0.15) is 11.6 Å². The normalized spacial score (nSPS) is 31.5. The van der Waals surface area contributed by atoms with Crippen LogP contribution in [0.5, 0.6) is 5.75 Å². The van der Waals surface area contributed by atoms with Crippen LogP contribution in [0, 0.1) is 5.82 Å². The summed E-state index contributed by atoms with van der Waals surface area (Å²) < 4.78 is 64.7. The Morgan fingerprint density at radius 2 is 2.03 bits per heavy atom. The third-order valence-electron chi connectivity index (χ3n) is 6.01. The van der Waals surface area contributed by atoms with Crippen molar-refractivity contribution in [3.63, 3.8) is 0 Å². The Kier molecular flexibility index (Phi) is 4.12. The fourth-order valence-corrected chi connectivity index (χ4v) is 4.11. The first-order valence-corrected chi connectivity index (χ1v) is 9.46. The van der Waals surface area contributed by atoms with Crippen molar-refractivity contribution in [1.29, 1.82) is 0 Å². The van der Waals surface area contributed by atoms with Crippen LogP contribution < -0.4 is 10.1 Å². The number of nitrogens with zero attached hydrogens (tertiary/aromatic N) is 2. The van der Waals surface area contributed by atoms with Crippen LogP contribution in [0.1, 0.15) is 43.4 Å². The van der Waals surface area contributed by atoms with Crippen molar-refractivity contribution in [2.24, 2.45) is 0 Å². The number of ether oxygens (including phenoxy) is 2. The van der Waals surface area contributed by atoms with Crippen LogP contribution in [0.15, 0.2) is 28.7 Å². The molecule has 160 valence electrons. The van der Waals surface area contributed by atoms with Crippen LogP contribution in [0.4, 0.5) is 17.6 Å². The molecule has 1 amide bonds. The number of carbonyl (C=O) groups excluding carboxylic acids is 1. The molecule has 0 spiro atoms. The highest BCUT2D eigenvalue weighted by molar-refractivity contribution is 5.81. The predicted octanol–water partition coefficient (Wildman–Crippen LogP) is 2.97. The van der Waals surface area contributed by atoms with E-state index in [1.165, 1.54) is 18.2 Å². The minimum atomic E-state index is -4.65. The molecule has 0 radical (unpaired) electrons. The van der Waals surface area contributed by atoms with Crippen molar-refractivity contribution >= 4 is 5.91 Å². The fraction of sp³-hybridized carbons (Fsp3) is 0.526. The largest absolute Gasteiger partial charge is 0.522 e. The molecule has 3 aliphatic rings. The number of benzene rings is 1. The molecule has 3 saturated carbocycles. The topological polar surface area (TPSA) is 86.5 Å². The molecule has 0 unspecified atom stereocenters. The zero-order valence-electron chi connectivity index (χ0n) is 15.5. The van der Waals surface area contributed by atoms with E-state index in [0.717, 1.165) is 0 Å². The van der Waals surface area contributed by atoms with E-state index in [-0.39, 0.29) is 37.0 Å². The molecular weight excluding hydrogens is 410 g/mol. The number of aromatic nitrogens is 2. The number of hydrogen-bond acceptors (Lipinski definition) is 6. The maximum Gasteiger partial charge on any atom is 0.522 e. The van der Waals surface area contributed by atoms with Crippen molar-refractivity contribution < 1.29 is 36.2 Å². The number of nitrogens with one attached hydrogen (secondary N) is 1. The number of rotatable bonds is 7. The van der Waals surface area contributed by atoms with E-state index in [0.29, 0.717) is 24.6 Å². The van der Waals surface area contributed by atoms with Gasteiger partial charge in [0.15, 0.2) is 6.61 Å². The van der Waals surface area contributed by atoms with Crippen LogP contribution in [-0.2, 0) is 14.9 Å². The molecule has 2 aromatic rings. The van der Waals surface area contributed by atoms with E-state index in [9.17, 15) is 22.4 Å². The molecule has 1 N–H and O–H groups in total. The van der Waals surface area contributed by atoms with E-state index in [1.807, 2.05) is 0 Å². The van der Waals surface area contributed by atoms with E-state index in [1.54, 1.807) is 6.07 Å². The Morgan fingerprint density at radius 1 is 1.27 bits per heavy atom. The van der Waals surface area contributed by atoms with Gasteiger partial charge in [-0.2, -0.15) is 0 Å². The molecule has 7 nitrogen and oxygen atoms in total. The summed E-state index contributed by atoms with van der Waals surface area (Å²) in [5.74, 6) is -0.0974. The third kappa shape index (κ3) is 3.40. The second kappa shape index (κ2) is 6.40. The summed E-state index contributed by atoms with van der Waals surface area (Å²) in [5, 5.41) is 10.9. The van der Waals surface area contributed by atoms with Crippen LogP contribution in [0.25, 0.3) is 0 Å². The number of halogens is 4. The lowest BCUT2D eigenvalue weighted by molar-refractivity contribution is -0.352. The average Bonchev–Trinajstić information content (AvgIpc) is 3.32. The van der Waals surface area contributed by atoms with Gasteiger partial charge < -0.3 is 14.5 Å². The number of hydrogen-bond donors (Lipinski definition) is 1. The van der Waals surface area contributed by atoms with Gasteiger partial charge in [-0.05, 0) is 37.8 Å². The molecule has 3 aliphatic carbocycles. The molecule has 0 aliphatic heterocycles. The quantitative estimate of drug-likeness (QED) is 0.684. The van der Waals surface area contributed by atoms with Crippen LogP contribution >= 0.6 is 0 Å². The smallest absolute Gasteiger partial charge is 0.484 e. The summed E-state index contributed by atoms with van der Waals surface area (Å²) in [6, 6.07) is 5.51. The van der Waals surface area contributed by atoms with Crippen LogP contribution in [0.3, 0.4) is 0 Å². The van der Waals surface area contributed by atoms with Crippen molar-refractivity contribution in [1.82, 2.24) is 15.5 Å². The van der Waals surface area contributed by atoms with Crippen molar-refractivity contribution in [2.75, 3.05) is 6.61 Å². The highest BCUT2D eigenvalue weighted by Crippen LogP contribution is 2.78. The number of alkyl halides is 3. The van der Waals surface area contributed by atoms with E-state index < -0.39 is 29.2 Å². The molecular formula is C19H17F4N3O4. The van der Waals surface area contributed by atoms with Crippen molar-refractivity contribution in [3.05, 3.63) is 41.9 Å². The van der Waals surface area contributed by atoms with Gasteiger partial charge in [-0.1, -0.05) is 6.07 Å². The minimum absolute atomic E-state index is 0.174. The maximum atomic E-state index is 13.1. The zero-order chi connectivity index (χ0) is 21.1. The second-order valence-corrected chi connectivity index (χ2v) is 8.11. The molecule has 0 saturated heterocycles. The summed E-state index contributed by atoms with van der Waals surface area (Å²) in [5.41, 5.74) is -0.848. The molecule has 3 fully saturated rings. The van der Waals surface area contributed by atoms with Crippen molar-refractivity contribution in [3.8, 4) is 5.75 Å². The molecule has 0 bridgehead atoms. The summed E-state index contributed by atoms with van der Waals surface area (Å²) >= 11 is 0. The first kappa shape index (κ1) is 19.3. The Bertz CT molecular complexity index is 980. The molecule has 11 heteroatoms. The van der Waals surface area contributed by atoms with Gasteiger partial charge in [-0.25, -0.2) is 4.39 Å². The Labute approximate surface area is 167 Å².